The number of hydrogen-bond acceptors (Lipinski definition) is 4. The number of nitrogens with zero attached hydrogens (tertiary/aromatic N) is 1. The largest absolute Gasteiger partial charge is 0.492 e. The molecule has 0 unspecified atom stereocenters. The fourth-order valence-electron chi connectivity index (χ4n) is 2.43. The minimum Gasteiger partial charge on any atom is -0.492 e. The molecule has 0 amide bonds. The number of piperidine rings is 1. The van der Waals surface area contributed by atoms with Crippen LogP contribution in [0, 0.1) is 0 Å². The van der Waals surface area contributed by atoms with Crippen LogP contribution < -0.4 is 9.46 Å². The minimum atomic E-state index is -3.10. The Hall–Kier alpha value is -0.630. The van der Waals surface area contributed by atoms with E-state index in [2.05, 4.69) is 25.6 Å². The van der Waals surface area contributed by atoms with Gasteiger partial charge in [0.1, 0.15) is 12.4 Å². The molecule has 1 N–H and O–H groups in total. The Morgan fingerprint density at radius 1 is 1.38 bits per heavy atom. The molecule has 0 aromatic heterocycles. The zero-order valence-electron chi connectivity index (χ0n) is 12.1. The Labute approximate surface area is 134 Å². The van der Waals surface area contributed by atoms with Crippen LogP contribution in [-0.2, 0) is 10.0 Å². The van der Waals surface area contributed by atoms with Crippen LogP contribution in [0.2, 0.25) is 0 Å². The quantitative estimate of drug-likeness (QED) is 0.822. The Morgan fingerprint density at radius 3 is 2.71 bits per heavy atom. The third-order valence-electron chi connectivity index (χ3n) is 3.44. The maximum Gasteiger partial charge on any atom is 0.208 e. The molecule has 2 rings (SSSR count). The topological polar surface area (TPSA) is 58.6 Å². The van der Waals surface area contributed by atoms with Crippen molar-refractivity contribution in [2.45, 2.75) is 18.9 Å². The second-order valence-electron chi connectivity index (χ2n) is 5.31. The lowest BCUT2D eigenvalue weighted by atomic mass is 10.1. The normalized spacial score (nSPS) is 17.8. The maximum atomic E-state index is 11.2. The first-order chi connectivity index (χ1) is 9.92. The Kier molecular flexibility index (Phi) is 6.04. The molecule has 1 heterocycles. The molecular weight excluding hydrogens is 356 g/mol. The van der Waals surface area contributed by atoms with E-state index in [-0.39, 0.29) is 6.04 Å². The molecule has 1 aliphatic heterocycles. The Bertz CT molecular complexity index is 557. The molecule has 118 valence electrons. The Balaban J connectivity index is 1.67. The number of nitrogens with one attached hydrogen (secondary N) is 1. The van der Waals surface area contributed by atoms with Gasteiger partial charge >= 0.3 is 0 Å². The van der Waals surface area contributed by atoms with Crippen LogP contribution in [0.3, 0.4) is 0 Å². The van der Waals surface area contributed by atoms with E-state index >= 15 is 0 Å². The van der Waals surface area contributed by atoms with Crippen molar-refractivity contribution < 1.29 is 13.2 Å². The van der Waals surface area contributed by atoms with Gasteiger partial charge in [0.25, 0.3) is 0 Å². The average Bonchev–Trinajstić information content (AvgIpc) is 2.39. The number of rotatable bonds is 6. The van der Waals surface area contributed by atoms with Gasteiger partial charge in [-0.15, -0.1) is 0 Å². The van der Waals surface area contributed by atoms with Crippen molar-refractivity contribution in [1.29, 1.82) is 0 Å². The lowest BCUT2D eigenvalue weighted by Gasteiger charge is -2.31. The predicted octanol–water partition coefficient (Wildman–Crippen LogP) is 1.84. The van der Waals surface area contributed by atoms with E-state index in [0.717, 1.165) is 42.7 Å². The van der Waals surface area contributed by atoms with Crippen molar-refractivity contribution in [3.05, 3.63) is 28.7 Å². The van der Waals surface area contributed by atoms with Crippen LogP contribution >= 0.6 is 15.9 Å². The van der Waals surface area contributed by atoms with Crippen LogP contribution in [0.1, 0.15) is 12.8 Å². The predicted molar refractivity (Wildman–Crippen MR) is 87.1 cm³/mol. The summed E-state index contributed by atoms with van der Waals surface area (Å²) in [6, 6.07) is 7.87. The molecule has 7 heteroatoms. The first kappa shape index (κ1) is 16.7. The number of sulfonamides is 1. The van der Waals surface area contributed by atoms with Crippen molar-refractivity contribution in [3.63, 3.8) is 0 Å². The van der Waals surface area contributed by atoms with Gasteiger partial charge in [0.15, 0.2) is 0 Å². The van der Waals surface area contributed by atoms with Crippen LogP contribution in [0.5, 0.6) is 5.75 Å². The molecule has 1 aromatic rings. The highest BCUT2D eigenvalue weighted by molar-refractivity contribution is 9.10. The number of halogens is 1. The highest BCUT2D eigenvalue weighted by Crippen LogP contribution is 2.18. The first-order valence-corrected chi connectivity index (χ1v) is 9.69. The minimum absolute atomic E-state index is 0.0715. The summed E-state index contributed by atoms with van der Waals surface area (Å²) >= 11 is 3.41. The molecule has 5 nitrogen and oxygen atoms in total. The second-order valence-corrected chi connectivity index (χ2v) is 8.01. The summed E-state index contributed by atoms with van der Waals surface area (Å²) in [5.41, 5.74) is 0. The summed E-state index contributed by atoms with van der Waals surface area (Å²) in [6.45, 7) is 3.29. The smallest absolute Gasteiger partial charge is 0.208 e. The van der Waals surface area contributed by atoms with Crippen molar-refractivity contribution in [2.75, 3.05) is 32.5 Å². The van der Waals surface area contributed by atoms with Crippen LogP contribution in [0.15, 0.2) is 28.7 Å². The molecule has 0 aliphatic carbocycles. The highest BCUT2D eigenvalue weighted by atomic mass is 79.9. The fourth-order valence-corrected chi connectivity index (χ4v) is 3.65. The molecule has 0 radical (unpaired) electrons. The molecule has 0 saturated carbocycles. The molecule has 0 bridgehead atoms. The Morgan fingerprint density at radius 2 is 2.10 bits per heavy atom. The van der Waals surface area contributed by atoms with Crippen molar-refractivity contribution in [3.8, 4) is 5.75 Å². The third kappa shape index (κ3) is 6.34. The van der Waals surface area contributed by atoms with Gasteiger partial charge in [0.05, 0.1) is 6.26 Å². The molecule has 0 atom stereocenters. The van der Waals surface area contributed by atoms with Crippen molar-refractivity contribution >= 4 is 26.0 Å². The maximum absolute atomic E-state index is 11.2. The van der Waals surface area contributed by atoms with Gasteiger partial charge in [-0.05, 0) is 44.1 Å². The van der Waals surface area contributed by atoms with Gasteiger partial charge in [0, 0.05) is 17.1 Å². The van der Waals surface area contributed by atoms with E-state index in [1.54, 1.807) is 0 Å². The van der Waals surface area contributed by atoms with Gasteiger partial charge in [-0.25, -0.2) is 13.1 Å². The van der Waals surface area contributed by atoms with Crippen LogP contribution in [0.4, 0.5) is 0 Å². The number of likely N-dealkylation sites (tertiary alicyclic amines) is 1. The summed E-state index contributed by atoms with van der Waals surface area (Å²) in [4.78, 5) is 2.30. The van der Waals surface area contributed by atoms with Crippen LogP contribution in [-0.4, -0.2) is 51.9 Å². The number of benzene rings is 1. The van der Waals surface area contributed by atoms with E-state index < -0.39 is 10.0 Å². The van der Waals surface area contributed by atoms with E-state index in [1.807, 2.05) is 24.3 Å². The van der Waals surface area contributed by atoms with Gasteiger partial charge in [-0.3, -0.25) is 4.90 Å². The fraction of sp³-hybridized carbons (Fsp3) is 0.571. The second kappa shape index (κ2) is 7.58. The molecule has 1 aromatic carbocycles. The summed E-state index contributed by atoms with van der Waals surface area (Å²) in [6.07, 6.45) is 2.92. The summed E-state index contributed by atoms with van der Waals surface area (Å²) in [7, 11) is -3.10. The molecule has 1 aliphatic rings. The van der Waals surface area contributed by atoms with Crippen LogP contribution in [0.25, 0.3) is 0 Å². The zero-order valence-corrected chi connectivity index (χ0v) is 14.5. The number of hydrogen-bond donors (Lipinski definition) is 1. The van der Waals surface area contributed by atoms with Crippen molar-refractivity contribution in [1.82, 2.24) is 9.62 Å². The third-order valence-corrected chi connectivity index (χ3v) is 4.70. The van der Waals surface area contributed by atoms with Crippen molar-refractivity contribution in [2.24, 2.45) is 0 Å². The monoisotopic (exact) mass is 376 g/mol. The summed E-state index contributed by atoms with van der Waals surface area (Å²) in [5, 5.41) is 0. The average molecular weight is 377 g/mol. The van der Waals surface area contributed by atoms with E-state index in [9.17, 15) is 8.42 Å². The van der Waals surface area contributed by atoms with E-state index in [4.69, 9.17) is 4.74 Å². The first-order valence-electron chi connectivity index (χ1n) is 7.00. The lowest BCUT2D eigenvalue weighted by Crippen LogP contribution is -2.45. The van der Waals surface area contributed by atoms with Gasteiger partial charge in [-0.2, -0.15) is 0 Å². The molecule has 1 fully saturated rings. The zero-order chi connectivity index (χ0) is 15.3. The SMILES string of the molecule is CS(=O)(=O)NC1CCN(CCOc2cccc(Br)c2)CC1. The summed E-state index contributed by atoms with van der Waals surface area (Å²) < 4.78 is 31.8. The van der Waals surface area contributed by atoms with Gasteiger partial charge in [0.2, 0.25) is 10.0 Å². The number of ether oxygens (including phenoxy) is 1. The lowest BCUT2D eigenvalue weighted by molar-refractivity contribution is 0.170. The van der Waals surface area contributed by atoms with E-state index in [0.29, 0.717) is 6.61 Å². The molecule has 0 spiro atoms. The van der Waals surface area contributed by atoms with E-state index in [1.165, 1.54) is 6.26 Å². The molecular formula is C14H21BrN2O3S. The highest BCUT2D eigenvalue weighted by Gasteiger charge is 2.21. The summed E-state index contributed by atoms with van der Waals surface area (Å²) in [5.74, 6) is 0.859. The van der Waals surface area contributed by atoms with Gasteiger partial charge < -0.3 is 4.74 Å². The molecule has 21 heavy (non-hydrogen) atoms. The standard InChI is InChI=1S/C14H21BrN2O3S/c1-21(18,19)16-13-5-7-17(8-6-13)9-10-20-14-4-2-3-12(15)11-14/h2-4,11,13,16H,5-10H2,1H3. The molecule has 1 saturated heterocycles. The van der Waals surface area contributed by atoms with Gasteiger partial charge in [-0.1, -0.05) is 22.0 Å².